The van der Waals surface area contributed by atoms with Crippen molar-refractivity contribution in [1.82, 2.24) is 29.9 Å². The monoisotopic (exact) mass is 360 g/mol. The van der Waals surface area contributed by atoms with E-state index in [1.165, 1.54) is 38.8 Å². The standard InChI is InChI=1S/C19H32N6O/c26-19(20-10-7-13-23-11-5-6-12-23)24-14-3-1-8-16(24)18-22-21-17-9-2-4-15-25(17)18/h16H,1-15H2,(H,20,26)/t16-/m1/s1. The average molecular weight is 361 g/mol. The minimum Gasteiger partial charge on any atom is -0.338 e. The number of hydrogen-bond acceptors (Lipinski definition) is 4. The largest absolute Gasteiger partial charge is 0.338 e. The number of carbonyl (C=O) groups is 1. The zero-order valence-corrected chi connectivity index (χ0v) is 15.8. The Morgan fingerprint density at radius 3 is 2.69 bits per heavy atom. The molecule has 0 radical (unpaired) electrons. The number of hydrogen-bond donors (Lipinski definition) is 1. The fourth-order valence-corrected chi connectivity index (χ4v) is 4.63. The lowest BCUT2D eigenvalue weighted by Crippen LogP contribution is -2.46. The summed E-state index contributed by atoms with van der Waals surface area (Å²) in [5.74, 6) is 2.11. The molecule has 144 valence electrons. The van der Waals surface area contributed by atoms with Crippen LogP contribution in [-0.4, -0.2) is 63.3 Å². The van der Waals surface area contributed by atoms with E-state index in [0.717, 1.165) is 69.9 Å². The number of urea groups is 1. The maximum absolute atomic E-state index is 12.8. The predicted octanol–water partition coefficient (Wildman–Crippen LogP) is 2.34. The van der Waals surface area contributed by atoms with E-state index < -0.39 is 0 Å². The Balaban J connectivity index is 1.34. The van der Waals surface area contributed by atoms with E-state index >= 15 is 0 Å². The quantitative estimate of drug-likeness (QED) is 0.819. The maximum atomic E-state index is 12.8. The Kier molecular flexibility index (Phi) is 5.72. The van der Waals surface area contributed by atoms with Gasteiger partial charge in [0.15, 0.2) is 5.82 Å². The molecule has 1 N–H and O–H groups in total. The summed E-state index contributed by atoms with van der Waals surface area (Å²) in [4.78, 5) is 17.3. The minimum absolute atomic E-state index is 0.0734. The van der Waals surface area contributed by atoms with E-state index in [9.17, 15) is 4.79 Å². The normalized spacial score (nSPS) is 23.8. The molecule has 1 atom stereocenters. The van der Waals surface area contributed by atoms with Crippen LogP contribution in [0.15, 0.2) is 0 Å². The first-order valence-electron chi connectivity index (χ1n) is 10.5. The van der Waals surface area contributed by atoms with Crippen LogP contribution in [0, 0.1) is 0 Å². The Hall–Kier alpha value is -1.63. The molecular formula is C19H32N6O. The van der Waals surface area contributed by atoms with Gasteiger partial charge in [0.05, 0.1) is 6.04 Å². The van der Waals surface area contributed by atoms with Crippen LogP contribution in [-0.2, 0) is 13.0 Å². The van der Waals surface area contributed by atoms with E-state index in [0.29, 0.717) is 0 Å². The van der Waals surface area contributed by atoms with Gasteiger partial charge in [-0.15, -0.1) is 10.2 Å². The number of nitrogens with one attached hydrogen (secondary N) is 1. The minimum atomic E-state index is 0.0734. The molecule has 4 rings (SSSR count). The van der Waals surface area contributed by atoms with Gasteiger partial charge in [0, 0.05) is 26.1 Å². The van der Waals surface area contributed by atoms with Gasteiger partial charge in [-0.3, -0.25) is 0 Å². The van der Waals surface area contributed by atoms with Crippen molar-refractivity contribution < 1.29 is 4.79 Å². The van der Waals surface area contributed by atoms with E-state index in [-0.39, 0.29) is 12.1 Å². The van der Waals surface area contributed by atoms with Gasteiger partial charge in [0.2, 0.25) is 0 Å². The third kappa shape index (κ3) is 3.87. The zero-order chi connectivity index (χ0) is 17.8. The molecule has 0 aromatic carbocycles. The van der Waals surface area contributed by atoms with Gasteiger partial charge in [0.1, 0.15) is 5.82 Å². The molecule has 2 amide bonds. The smallest absolute Gasteiger partial charge is 0.318 e. The zero-order valence-electron chi connectivity index (χ0n) is 15.8. The van der Waals surface area contributed by atoms with Crippen molar-refractivity contribution in [3.63, 3.8) is 0 Å². The Bertz CT molecular complexity index is 609. The second-order valence-corrected chi connectivity index (χ2v) is 7.92. The van der Waals surface area contributed by atoms with Crippen LogP contribution in [0.3, 0.4) is 0 Å². The summed E-state index contributed by atoms with van der Waals surface area (Å²) in [6.45, 7) is 6.13. The van der Waals surface area contributed by atoms with Crippen molar-refractivity contribution in [2.45, 2.75) is 70.4 Å². The summed E-state index contributed by atoms with van der Waals surface area (Å²) in [5.41, 5.74) is 0. The molecule has 4 heterocycles. The van der Waals surface area contributed by atoms with Crippen LogP contribution in [0.1, 0.15) is 69.1 Å². The van der Waals surface area contributed by atoms with Crippen molar-refractivity contribution in [2.24, 2.45) is 0 Å². The lowest BCUT2D eigenvalue weighted by Gasteiger charge is -2.35. The van der Waals surface area contributed by atoms with Gasteiger partial charge in [-0.25, -0.2) is 4.79 Å². The van der Waals surface area contributed by atoms with E-state index in [1.807, 2.05) is 4.90 Å². The van der Waals surface area contributed by atoms with E-state index in [2.05, 4.69) is 25.0 Å². The second kappa shape index (κ2) is 8.37. The summed E-state index contributed by atoms with van der Waals surface area (Å²) in [5, 5.41) is 12.0. The molecule has 0 unspecified atom stereocenters. The summed E-state index contributed by atoms with van der Waals surface area (Å²) in [7, 11) is 0. The summed E-state index contributed by atoms with van der Waals surface area (Å²) in [6.07, 6.45) is 10.3. The van der Waals surface area contributed by atoms with Crippen LogP contribution in [0.25, 0.3) is 0 Å². The van der Waals surface area contributed by atoms with Crippen molar-refractivity contribution >= 4 is 6.03 Å². The SMILES string of the molecule is O=C(NCCCN1CCCC1)N1CCCC[C@@H]1c1nnc2n1CCCC2. The number of carbonyl (C=O) groups excluding carboxylic acids is 1. The molecule has 0 bridgehead atoms. The van der Waals surface area contributed by atoms with Gasteiger partial charge >= 0.3 is 6.03 Å². The van der Waals surface area contributed by atoms with Crippen LogP contribution in [0.2, 0.25) is 0 Å². The highest BCUT2D eigenvalue weighted by Gasteiger charge is 2.32. The number of likely N-dealkylation sites (tertiary alicyclic amines) is 2. The molecule has 3 aliphatic heterocycles. The highest BCUT2D eigenvalue weighted by Crippen LogP contribution is 2.31. The Labute approximate surface area is 156 Å². The van der Waals surface area contributed by atoms with Crippen molar-refractivity contribution in [2.75, 3.05) is 32.7 Å². The van der Waals surface area contributed by atoms with Gasteiger partial charge in [-0.2, -0.15) is 0 Å². The first-order valence-corrected chi connectivity index (χ1v) is 10.5. The molecule has 3 aliphatic rings. The van der Waals surface area contributed by atoms with Gasteiger partial charge in [-0.05, 0) is 71.0 Å². The predicted molar refractivity (Wildman–Crippen MR) is 99.9 cm³/mol. The molecule has 1 aromatic rings. The number of fused-ring (bicyclic) bond motifs is 1. The first-order chi connectivity index (χ1) is 12.8. The molecule has 0 saturated carbocycles. The fraction of sp³-hybridized carbons (Fsp3) is 0.842. The number of nitrogens with zero attached hydrogens (tertiary/aromatic N) is 5. The number of rotatable bonds is 5. The molecule has 2 saturated heterocycles. The van der Waals surface area contributed by atoms with Crippen LogP contribution < -0.4 is 5.32 Å². The highest BCUT2D eigenvalue weighted by molar-refractivity contribution is 5.74. The Morgan fingerprint density at radius 2 is 1.81 bits per heavy atom. The molecule has 0 aliphatic carbocycles. The molecule has 26 heavy (non-hydrogen) atoms. The van der Waals surface area contributed by atoms with Gasteiger partial charge in [-0.1, -0.05) is 0 Å². The van der Waals surface area contributed by atoms with Crippen LogP contribution >= 0.6 is 0 Å². The van der Waals surface area contributed by atoms with Crippen molar-refractivity contribution in [3.05, 3.63) is 11.6 Å². The van der Waals surface area contributed by atoms with Gasteiger partial charge < -0.3 is 19.7 Å². The van der Waals surface area contributed by atoms with E-state index in [4.69, 9.17) is 0 Å². The number of aromatic nitrogens is 3. The third-order valence-corrected chi connectivity index (χ3v) is 6.08. The maximum Gasteiger partial charge on any atom is 0.318 e. The fourth-order valence-electron chi connectivity index (χ4n) is 4.63. The van der Waals surface area contributed by atoms with Crippen LogP contribution in [0.4, 0.5) is 4.79 Å². The summed E-state index contributed by atoms with van der Waals surface area (Å²) >= 11 is 0. The highest BCUT2D eigenvalue weighted by atomic mass is 16.2. The molecule has 7 nitrogen and oxygen atoms in total. The first kappa shape index (κ1) is 17.8. The molecule has 7 heteroatoms. The summed E-state index contributed by atoms with van der Waals surface area (Å²) < 4.78 is 2.27. The summed E-state index contributed by atoms with van der Waals surface area (Å²) in [6, 6.07) is 0.158. The number of aryl methyl sites for hydroxylation is 1. The van der Waals surface area contributed by atoms with Crippen molar-refractivity contribution in [1.29, 1.82) is 0 Å². The average Bonchev–Trinajstić information content (AvgIpc) is 3.35. The van der Waals surface area contributed by atoms with Crippen molar-refractivity contribution in [3.8, 4) is 0 Å². The van der Waals surface area contributed by atoms with E-state index in [1.54, 1.807) is 0 Å². The second-order valence-electron chi connectivity index (χ2n) is 7.92. The molecule has 2 fully saturated rings. The molecular weight excluding hydrogens is 328 g/mol. The third-order valence-electron chi connectivity index (χ3n) is 6.08. The number of amides is 2. The topological polar surface area (TPSA) is 66.3 Å². The molecule has 0 spiro atoms. The number of piperidine rings is 1. The van der Waals surface area contributed by atoms with Gasteiger partial charge in [0.25, 0.3) is 0 Å². The van der Waals surface area contributed by atoms with Crippen LogP contribution in [0.5, 0.6) is 0 Å². The molecule has 1 aromatic heterocycles. The Morgan fingerprint density at radius 1 is 1.00 bits per heavy atom. The lowest BCUT2D eigenvalue weighted by molar-refractivity contribution is 0.144. The lowest BCUT2D eigenvalue weighted by atomic mass is 10.0.